The molecule has 3 aromatic rings. The molecule has 0 spiro atoms. The van der Waals surface area contributed by atoms with E-state index in [0.717, 1.165) is 5.56 Å². The molecule has 0 saturated heterocycles. The number of benzene rings is 2. The molecule has 1 aliphatic rings. The van der Waals surface area contributed by atoms with Crippen molar-refractivity contribution in [2.45, 2.75) is 40.2 Å². The van der Waals surface area contributed by atoms with Gasteiger partial charge in [0.2, 0.25) is 5.43 Å². The average molecular weight is 438 g/mol. The van der Waals surface area contributed by atoms with Gasteiger partial charge in [0, 0.05) is 6.07 Å². The molecule has 32 heavy (non-hydrogen) atoms. The minimum atomic E-state index is -0.775. The van der Waals surface area contributed by atoms with Crippen molar-refractivity contribution < 1.29 is 28.2 Å². The first-order valence-corrected chi connectivity index (χ1v) is 10.8. The molecule has 7 heteroatoms. The van der Waals surface area contributed by atoms with Crippen LogP contribution in [0, 0.1) is 6.92 Å². The number of esters is 1. The fourth-order valence-corrected chi connectivity index (χ4v) is 3.80. The van der Waals surface area contributed by atoms with Gasteiger partial charge in [0.25, 0.3) is 0 Å². The topological polar surface area (TPSA) is 84.2 Å². The van der Waals surface area contributed by atoms with Crippen LogP contribution in [0.2, 0.25) is 0 Å². The quantitative estimate of drug-likeness (QED) is 0.526. The average Bonchev–Trinajstić information content (AvgIpc) is 2.78. The van der Waals surface area contributed by atoms with Gasteiger partial charge in [-0.05, 0) is 56.5 Å². The summed E-state index contributed by atoms with van der Waals surface area (Å²) in [4.78, 5) is 25.4. The van der Waals surface area contributed by atoms with Crippen molar-refractivity contribution in [2.75, 3.05) is 19.8 Å². The lowest BCUT2D eigenvalue weighted by atomic mass is 10.00. The highest BCUT2D eigenvalue weighted by Crippen LogP contribution is 2.36. The number of carbonyl (C=O) groups is 1. The second-order valence-corrected chi connectivity index (χ2v) is 7.54. The maximum atomic E-state index is 13.5. The van der Waals surface area contributed by atoms with Gasteiger partial charge in [-0.15, -0.1) is 0 Å². The molecule has 7 nitrogen and oxygen atoms in total. The highest BCUT2D eigenvalue weighted by Gasteiger charge is 2.21. The summed E-state index contributed by atoms with van der Waals surface area (Å²) >= 11 is 0. The standard InChI is InChI=1S/C25H26O7/c1-5-16-11-18-21(13-20(16)32-15(4)25(27)28-6-2)31-14(3)23(24(18)26)17-7-8-19-22(12-17)30-10-9-29-19/h7-8,11-13,15H,5-6,9-10H2,1-4H3. The highest BCUT2D eigenvalue weighted by molar-refractivity contribution is 5.85. The molecular formula is C25H26O7. The Balaban J connectivity index is 1.78. The van der Waals surface area contributed by atoms with Crippen LogP contribution in [0.15, 0.2) is 39.5 Å². The van der Waals surface area contributed by atoms with Crippen molar-refractivity contribution in [3.8, 4) is 28.4 Å². The lowest BCUT2D eigenvalue weighted by molar-refractivity contribution is -0.150. The van der Waals surface area contributed by atoms with Crippen LogP contribution in [0.25, 0.3) is 22.1 Å². The first kappa shape index (κ1) is 21.7. The molecule has 0 amide bonds. The maximum Gasteiger partial charge on any atom is 0.347 e. The highest BCUT2D eigenvalue weighted by atomic mass is 16.6. The van der Waals surface area contributed by atoms with Gasteiger partial charge in [-0.1, -0.05) is 13.0 Å². The Morgan fingerprint density at radius 2 is 1.84 bits per heavy atom. The van der Waals surface area contributed by atoms with E-state index in [9.17, 15) is 9.59 Å². The Bertz CT molecular complexity index is 1230. The summed E-state index contributed by atoms with van der Waals surface area (Å²) in [5.41, 5.74) is 2.25. The van der Waals surface area contributed by atoms with Crippen LogP contribution in [0.5, 0.6) is 17.2 Å². The van der Waals surface area contributed by atoms with Crippen LogP contribution < -0.4 is 19.6 Å². The third-order valence-electron chi connectivity index (χ3n) is 5.38. The fraction of sp³-hybridized carbons (Fsp3) is 0.360. The zero-order valence-electron chi connectivity index (χ0n) is 18.7. The first-order chi connectivity index (χ1) is 15.4. The van der Waals surface area contributed by atoms with Crippen LogP contribution in [-0.2, 0) is 16.0 Å². The van der Waals surface area contributed by atoms with E-state index < -0.39 is 12.1 Å². The monoisotopic (exact) mass is 438 g/mol. The molecule has 2 heterocycles. The number of hydrogen-bond donors (Lipinski definition) is 0. The van der Waals surface area contributed by atoms with E-state index in [2.05, 4.69) is 0 Å². The number of rotatable bonds is 6. The lowest BCUT2D eigenvalue weighted by Gasteiger charge is -2.19. The summed E-state index contributed by atoms with van der Waals surface area (Å²) in [5.74, 6) is 1.80. The number of hydrogen-bond acceptors (Lipinski definition) is 7. The molecule has 2 aromatic carbocycles. The molecule has 1 unspecified atom stereocenters. The second-order valence-electron chi connectivity index (χ2n) is 7.54. The van der Waals surface area contributed by atoms with Crippen LogP contribution in [0.1, 0.15) is 32.1 Å². The molecule has 168 valence electrons. The Morgan fingerprint density at radius 1 is 1.09 bits per heavy atom. The minimum Gasteiger partial charge on any atom is -0.486 e. The molecule has 0 fully saturated rings. The van der Waals surface area contributed by atoms with Gasteiger partial charge in [-0.3, -0.25) is 4.79 Å². The first-order valence-electron chi connectivity index (χ1n) is 10.8. The van der Waals surface area contributed by atoms with Gasteiger partial charge in [0.1, 0.15) is 30.3 Å². The van der Waals surface area contributed by atoms with E-state index in [1.807, 2.05) is 13.0 Å². The van der Waals surface area contributed by atoms with Crippen molar-refractivity contribution in [2.24, 2.45) is 0 Å². The van der Waals surface area contributed by atoms with Gasteiger partial charge in [-0.2, -0.15) is 0 Å². The molecule has 1 atom stereocenters. The molecular weight excluding hydrogens is 412 g/mol. The molecule has 0 radical (unpaired) electrons. The predicted molar refractivity (Wildman–Crippen MR) is 120 cm³/mol. The molecule has 0 saturated carbocycles. The van der Waals surface area contributed by atoms with Crippen molar-refractivity contribution >= 4 is 16.9 Å². The van der Waals surface area contributed by atoms with Crippen molar-refractivity contribution in [3.63, 3.8) is 0 Å². The third kappa shape index (κ3) is 4.02. The summed E-state index contributed by atoms with van der Waals surface area (Å²) in [6.07, 6.45) is -0.157. The zero-order chi connectivity index (χ0) is 22.8. The Labute approximate surface area is 185 Å². The van der Waals surface area contributed by atoms with Crippen molar-refractivity contribution in [1.29, 1.82) is 0 Å². The van der Waals surface area contributed by atoms with Gasteiger partial charge in [0.15, 0.2) is 17.6 Å². The SMILES string of the molecule is CCOC(=O)C(C)Oc1cc2oc(C)c(-c3ccc4c(c3)OCCO4)c(=O)c2cc1CC. The molecule has 1 aliphatic heterocycles. The largest absolute Gasteiger partial charge is 0.486 e. The Kier molecular flexibility index (Phi) is 6.08. The van der Waals surface area contributed by atoms with E-state index in [1.165, 1.54) is 0 Å². The summed E-state index contributed by atoms with van der Waals surface area (Å²) in [6.45, 7) is 8.34. The van der Waals surface area contributed by atoms with Gasteiger partial charge in [-0.25, -0.2) is 4.79 Å². The van der Waals surface area contributed by atoms with E-state index in [4.69, 9.17) is 23.4 Å². The molecule has 0 aliphatic carbocycles. The summed E-state index contributed by atoms with van der Waals surface area (Å²) < 4.78 is 28.2. The van der Waals surface area contributed by atoms with Gasteiger partial charge in [0.05, 0.1) is 17.6 Å². The molecule has 0 N–H and O–H groups in total. The lowest BCUT2D eigenvalue weighted by Crippen LogP contribution is -2.26. The van der Waals surface area contributed by atoms with Gasteiger partial charge >= 0.3 is 5.97 Å². The number of aryl methyl sites for hydroxylation is 2. The number of carbonyl (C=O) groups excluding carboxylic acids is 1. The third-order valence-corrected chi connectivity index (χ3v) is 5.38. The number of ether oxygens (including phenoxy) is 4. The van der Waals surface area contributed by atoms with Crippen LogP contribution in [0.3, 0.4) is 0 Å². The Hall–Kier alpha value is -3.48. The van der Waals surface area contributed by atoms with E-state index in [-0.39, 0.29) is 12.0 Å². The van der Waals surface area contributed by atoms with Gasteiger partial charge < -0.3 is 23.4 Å². The van der Waals surface area contributed by atoms with Crippen molar-refractivity contribution in [1.82, 2.24) is 0 Å². The van der Waals surface area contributed by atoms with E-state index >= 15 is 0 Å². The normalized spacial score (nSPS) is 13.6. The number of fused-ring (bicyclic) bond motifs is 2. The summed E-state index contributed by atoms with van der Waals surface area (Å²) in [6, 6.07) is 8.88. The Morgan fingerprint density at radius 3 is 2.56 bits per heavy atom. The van der Waals surface area contributed by atoms with E-state index in [1.54, 1.807) is 45.0 Å². The fourth-order valence-electron chi connectivity index (χ4n) is 3.80. The maximum absolute atomic E-state index is 13.5. The molecule has 4 rings (SSSR count). The summed E-state index contributed by atoms with van der Waals surface area (Å²) in [7, 11) is 0. The predicted octanol–water partition coefficient (Wildman–Crippen LogP) is 4.43. The second kappa shape index (κ2) is 8.94. The van der Waals surface area contributed by atoms with Crippen molar-refractivity contribution in [3.05, 3.63) is 51.9 Å². The molecule has 1 aromatic heterocycles. The van der Waals surface area contributed by atoms with Crippen LogP contribution in [0.4, 0.5) is 0 Å². The molecule has 0 bridgehead atoms. The van der Waals surface area contributed by atoms with Crippen LogP contribution in [-0.4, -0.2) is 31.9 Å². The van der Waals surface area contributed by atoms with E-state index in [0.29, 0.717) is 64.7 Å². The zero-order valence-corrected chi connectivity index (χ0v) is 18.7. The van der Waals surface area contributed by atoms with Crippen LogP contribution >= 0.6 is 0 Å². The summed E-state index contributed by atoms with van der Waals surface area (Å²) in [5, 5.41) is 0.452. The smallest absolute Gasteiger partial charge is 0.347 e. The minimum absolute atomic E-state index is 0.139.